The van der Waals surface area contributed by atoms with Crippen LogP contribution in [-0.4, -0.2) is 100 Å². The second-order valence-electron chi connectivity index (χ2n) is 15.7. The number of nitrogen functional groups attached to an aromatic ring is 1. The van der Waals surface area contributed by atoms with Gasteiger partial charge in [-0.25, -0.2) is 28.9 Å². The van der Waals surface area contributed by atoms with E-state index >= 15 is 0 Å². The number of aliphatic hydroxyl groups is 1. The maximum Gasteiger partial charge on any atom is 0.470 e. The molecule has 2 aliphatic rings. The van der Waals surface area contributed by atoms with Crippen LogP contribution in [0, 0.1) is 6.92 Å². The number of aliphatic hydroxyl groups excluding tert-OH is 1. The number of carbonyl (C=O) groups excluding carboxylic acids is 1. The van der Waals surface area contributed by atoms with Crippen LogP contribution < -0.4 is 26.9 Å². The number of hydrogen-bond acceptors (Lipinski definition) is 15. The number of aromatic nitrogens is 4. The van der Waals surface area contributed by atoms with E-state index in [1.54, 1.807) is 0 Å². The van der Waals surface area contributed by atoms with Crippen molar-refractivity contribution in [2.45, 2.75) is 109 Å². The third-order valence-electron chi connectivity index (χ3n) is 10.7. The van der Waals surface area contributed by atoms with Crippen molar-refractivity contribution in [3.05, 3.63) is 46.1 Å². The molecule has 0 bridgehead atoms. The van der Waals surface area contributed by atoms with Crippen molar-refractivity contribution in [1.82, 2.24) is 24.8 Å². The summed E-state index contributed by atoms with van der Waals surface area (Å²) < 4.78 is 45.0. The highest BCUT2D eigenvalue weighted by atomic mass is 31.2. The molecule has 5 atom stereocenters. The van der Waals surface area contributed by atoms with Crippen LogP contribution >= 0.6 is 15.6 Å². The summed E-state index contributed by atoms with van der Waals surface area (Å²) in [5.41, 5.74) is 9.42. The molecule has 4 aromatic rings. The first kappa shape index (κ1) is 44.5. The fourth-order valence-corrected chi connectivity index (χ4v) is 8.97. The van der Waals surface area contributed by atoms with E-state index in [9.17, 15) is 43.4 Å². The van der Waals surface area contributed by atoms with Gasteiger partial charge in [0.1, 0.15) is 30.2 Å². The number of nitrogens with zero attached hydrogens (tertiary/aromatic N) is 5. The topological polar surface area (TPSA) is 307 Å². The second-order valence-corrected chi connectivity index (χ2v) is 18.1. The Morgan fingerprint density at radius 1 is 1.05 bits per heavy atom. The SMILES string of the molecule is Cc1cc(=O)oc2cc3c(cc12)C(C)CC(C)(C)N3CCCC(=O)NCCCCCCNc1nc2c(N)ncnc2n1[C@@H]1O[C@H](COP(=O)(O)O)[C@@H](OP(=O)(O)O)[C@H]1O. The predicted octanol–water partition coefficient (Wildman–Crippen LogP) is 3.33. The number of nitrogens with two attached hydrogens (primary N) is 1. The van der Waals surface area contributed by atoms with E-state index in [-0.39, 0.29) is 40.0 Å². The van der Waals surface area contributed by atoms with E-state index in [0.29, 0.717) is 50.4 Å². The lowest BCUT2D eigenvalue weighted by atomic mass is 9.79. The minimum Gasteiger partial charge on any atom is -0.423 e. The maximum absolute atomic E-state index is 12.8. The van der Waals surface area contributed by atoms with E-state index in [1.807, 2.05) is 13.0 Å². The highest BCUT2D eigenvalue weighted by Crippen LogP contribution is 2.47. The van der Waals surface area contributed by atoms with Gasteiger partial charge in [0.05, 0.1) is 6.61 Å². The number of carbonyl (C=O) groups is 1. The van der Waals surface area contributed by atoms with Gasteiger partial charge in [-0.3, -0.25) is 18.4 Å². The van der Waals surface area contributed by atoms with Crippen molar-refractivity contribution < 1.29 is 56.8 Å². The van der Waals surface area contributed by atoms with Gasteiger partial charge in [-0.1, -0.05) is 19.8 Å². The zero-order valence-corrected chi connectivity index (χ0v) is 35.0. The van der Waals surface area contributed by atoms with Crippen molar-refractivity contribution >= 4 is 61.1 Å². The lowest BCUT2D eigenvalue weighted by molar-refractivity contribution is -0.121. The highest BCUT2D eigenvalue weighted by molar-refractivity contribution is 7.46. The number of ether oxygens (including phenoxy) is 1. The summed E-state index contributed by atoms with van der Waals surface area (Å²) >= 11 is 0. The number of imidazole rings is 1. The third kappa shape index (κ3) is 10.7. The molecule has 9 N–H and O–H groups in total. The van der Waals surface area contributed by atoms with E-state index in [0.717, 1.165) is 48.6 Å². The monoisotopic (exact) mass is 866 g/mol. The standard InChI is InChI=1S/C36H52N8O13P2/c1-20-14-28(46)55-25-16-24-22(15-23(20)25)21(2)17-36(3,4)43(24)13-9-10-27(45)38-11-7-5-6-8-12-39-35-42-29-32(37)40-19-41-33(29)44(35)34-30(47)31(57-59(51,52)53)26(56-34)18-54-58(48,49)50/h14-16,19,21,26,30-31,34,47H,5-13,17-18H2,1-4H3,(H,38,45)(H,39,42)(H2,37,40,41)(H2,48,49,50)(H2,51,52,53)/t21?,26-,30-,31-,34-/m1/s1. The first-order valence-electron chi connectivity index (χ1n) is 19.3. The Morgan fingerprint density at radius 3 is 2.49 bits per heavy atom. The van der Waals surface area contributed by atoms with Crippen molar-refractivity contribution in [2.75, 3.05) is 42.2 Å². The summed E-state index contributed by atoms with van der Waals surface area (Å²) in [6.45, 7) is 9.22. The molecule has 0 saturated carbocycles. The molecule has 3 aromatic heterocycles. The number of benzene rings is 1. The van der Waals surface area contributed by atoms with Gasteiger partial charge in [-0.2, -0.15) is 0 Å². The molecule has 59 heavy (non-hydrogen) atoms. The number of fused-ring (bicyclic) bond motifs is 3. The average molecular weight is 867 g/mol. The van der Waals surface area contributed by atoms with Gasteiger partial charge in [0.2, 0.25) is 11.9 Å². The van der Waals surface area contributed by atoms with Gasteiger partial charge in [0, 0.05) is 54.8 Å². The van der Waals surface area contributed by atoms with E-state index in [4.69, 9.17) is 19.4 Å². The lowest BCUT2D eigenvalue weighted by Crippen LogP contribution is -2.49. The van der Waals surface area contributed by atoms with E-state index < -0.39 is 46.8 Å². The predicted molar refractivity (Wildman–Crippen MR) is 215 cm³/mol. The first-order chi connectivity index (χ1) is 27.7. The molecule has 324 valence electrons. The summed E-state index contributed by atoms with van der Waals surface area (Å²) in [7, 11) is -10.2. The fraction of sp³-hybridized carbons (Fsp3) is 0.583. The van der Waals surface area contributed by atoms with Crippen LogP contribution in [0.3, 0.4) is 0 Å². The van der Waals surface area contributed by atoms with Gasteiger partial charge in [0.25, 0.3) is 0 Å². The molecule has 1 aromatic carbocycles. The molecule has 1 fully saturated rings. The van der Waals surface area contributed by atoms with Crippen molar-refractivity contribution in [3.8, 4) is 0 Å². The average Bonchev–Trinajstić information content (AvgIpc) is 3.64. The van der Waals surface area contributed by atoms with Crippen LogP contribution in [0.1, 0.15) is 89.0 Å². The summed E-state index contributed by atoms with van der Waals surface area (Å²) in [6.07, 6.45) is -0.422. The van der Waals surface area contributed by atoms with Gasteiger partial charge in [0.15, 0.2) is 23.2 Å². The Kier molecular flexibility index (Phi) is 13.5. The minimum absolute atomic E-state index is 0.00557. The number of hydrogen-bond donors (Lipinski definition) is 8. The molecule has 6 rings (SSSR count). The van der Waals surface area contributed by atoms with Crippen LogP contribution in [0.5, 0.6) is 0 Å². The number of rotatable bonds is 18. The van der Waals surface area contributed by atoms with Crippen LogP contribution in [0.15, 0.2) is 33.7 Å². The largest absolute Gasteiger partial charge is 0.470 e. The van der Waals surface area contributed by atoms with Gasteiger partial charge < -0.3 is 55.1 Å². The van der Waals surface area contributed by atoms with Gasteiger partial charge in [-0.05, 0) is 69.6 Å². The van der Waals surface area contributed by atoms with E-state index in [1.165, 1.54) is 16.2 Å². The van der Waals surface area contributed by atoms with Crippen molar-refractivity contribution in [1.29, 1.82) is 0 Å². The van der Waals surface area contributed by atoms with Gasteiger partial charge >= 0.3 is 21.3 Å². The summed E-state index contributed by atoms with van der Waals surface area (Å²) in [4.78, 5) is 77.1. The Hall–Kier alpha value is -4.01. The molecular weight excluding hydrogens is 814 g/mol. The Bertz CT molecular complexity index is 2310. The highest BCUT2D eigenvalue weighted by Gasteiger charge is 2.50. The van der Waals surface area contributed by atoms with Crippen molar-refractivity contribution in [3.63, 3.8) is 0 Å². The number of anilines is 3. The van der Waals surface area contributed by atoms with Crippen LogP contribution in [0.4, 0.5) is 17.5 Å². The fourth-order valence-electron chi connectivity index (χ4n) is 8.05. The molecule has 5 heterocycles. The zero-order valence-electron chi connectivity index (χ0n) is 33.2. The van der Waals surface area contributed by atoms with Gasteiger partial charge in [-0.15, -0.1) is 0 Å². The number of aryl methyl sites for hydroxylation is 1. The molecule has 0 spiro atoms. The molecule has 1 amide bonds. The van der Waals surface area contributed by atoms with Crippen LogP contribution in [0.2, 0.25) is 0 Å². The Balaban J connectivity index is 0.981. The molecular formula is C36H52N8O13P2. The Morgan fingerprint density at radius 2 is 1.78 bits per heavy atom. The van der Waals surface area contributed by atoms with Crippen molar-refractivity contribution in [2.24, 2.45) is 0 Å². The number of amides is 1. The summed E-state index contributed by atoms with van der Waals surface area (Å²) in [5.74, 6) is 0.414. The molecule has 0 radical (unpaired) electrons. The smallest absolute Gasteiger partial charge is 0.423 e. The first-order valence-corrected chi connectivity index (χ1v) is 22.4. The molecule has 1 unspecified atom stereocenters. The molecule has 2 aliphatic heterocycles. The number of phosphoric ester groups is 2. The molecule has 0 aliphatic carbocycles. The van der Waals surface area contributed by atoms with Crippen LogP contribution in [-0.2, 0) is 27.7 Å². The lowest BCUT2D eigenvalue weighted by Gasteiger charge is -2.47. The second kappa shape index (κ2) is 17.9. The minimum atomic E-state index is -5.21. The normalized spacial score (nSPS) is 21.9. The number of phosphoric acid groups is 2. The number of nitrogens with one attached hydrogen (secondary N) is 2. The van der Waals surface area contributed by atoms with Crippen LogP contribution in [0.25, 0.3) is 22.1 Å². The summed E-state index contributed by atoms with van der Waals surface area (Å²) in [6, 6.07) is 5.62. The quantitative estimate of drug-likeness (QED) is 0.0404. The molecule has 21 nitrogen and oxygen atoms in total. The van der Waals surface area contributed by atoms with E-state index in [2.05, 4.69) is 61.8 Å². The molecule has 1 saturated heterocycles. The zero-order chi connectivity index (χ0) is 42.9. The summed E-state index contributed by atoms with van der Waals surface area (Å²) in [5, 5.41) is 18.2. The Labute approximate surface area is 339 Å². The third-order valence-corrected chi connectivity index (χ3v) is 11.7. The molecule has 23 heteroatoms. The number of unbranched alkanes of at least 4 members (excludes halogenated alkanes) is 3. The maximum atomic E-state index is 12.8.